The molecule has 7 heteroatoms. The van der Waals surface area contributed by atoms with Crippen LogP contribution in [0.15, 0.2) is 72.9 Å². The Labute approximate surface area is 178 Å². The highest BCUT2D eigenvalue weighted by atomic mass is 19.1. The number of amides is 2. The number of benzene rings is 3. The summed E-state index contributed by atoms with van der Waals surface area (Å²) < 4.78 is 14.9. The molecule has 0 saturated heterocycles. The number of nitrogens with one attached hydrogen (secondary N) is 1. The van der Waals surface area contributed by atoms with Crippen LogP contribution in [0.25, 0.3) is 16.6 Å². The lowest BCUT2D eigenvalue weighted by Gasteiger charge is -2.16. The molecule has 1 aromatic heterocycles. The summed E-state index contributed by atoms with van der Waals surface area (Å²) in [5.41, 5.74) is 3.61. The van der Waals surface area contributed by atoms with E-state index in [1.807, 2.05) is 30.3 Å². The highest BCUT2D eigenvalue weighted by Crippen LogP contribution is 2.22. The van der Waals surface area contributed by atoms with E-state index < -0.39 is 0 Å². The molecular weight excluding hydrogens is 395 g/mol. The number of hydrogen-bond acceptors (Lipinski definition) is 3. The fourth-order valence-electron chi connectivity index (χ4n) is 3.37. The Balaban J connectivity index is 1.56. The van der Waals surface area contributed by atoms with Crippen molar-refractivity contribution in [3.8, 4) is 5.69 Å². The van der Waals surface area contributed by atoms with Crippen LogP contribution < -0.4 is 10.2 Å². The normalized spacial score (nSPS) is 10.8. The van der Waals surface area contributed by atoms with E-state index in [1.165, 1.54) is 19.1 Å². The van der Waals surface area contributed by atoms with Crippen LogP contribution in [0, 0.1) is 5.82 Å². The first kappa shape index (κ1) is 20.3. The van der Waals surface area contributed by atoms with Crippen molar-refractivity contribution in [3.05, 3.63) is 89.9 Å². The number of rotatable bonds is 5. The molecule has 31 heavy (non-hydrogen) atoms. The second kappa shape index (κ2) is 8.39. The predicted octanol–water partition coefficient (Wildman–Crippen LogP) is 4.08. The van der Waals surface area contributed by atoms with Crippen molar-refractivity contribution in [1.82, 2.24) is 15.1 Å². The molecule has 0 saturated carbocycles. The number of fused-ring (bicyclic) bond motifs is 1. The molecule has 2 amide bonds. The van der Waals surface area contributed by atoms with Crippen LogP contribution in [-0.2, 0) is 11.3 Å². The van der Waals surface area contributed by atoms with Crippen molar-refractivity contribution in [2.45, 2.75) is 13.5 Å². The van der Waals surface area contributed by atoms with E-state index in [1.54, 1.807) is 47.1 Å². The van der Waals surface area contributed by atoms with Crippen LogP contribution in [0.3, 0.4) is 0 Å². The summed E-state index contributed by atoms with van der Waals surface area (Å²) in [6, 6.07) is 18.9. The SMILES string of the molecule is CC(=O)N(C)c1cccc(CNC(=O)c2cccc3c2cnn3-c2ccc(F)cc2)c1. The number of hydrogen-bond donors (Lipinski definition) is 1. The van der Waals surface area contributed by atoms with E-state index in [0.29, 0.717) is 23.2 Å². The second-order valence-electron chi connectivity index (χ2n) is 7.20. The van der Waals surface area contributed by atoms with Crippen LogP contribution in [0.1, 0.15) is 22.8 Å². The van der Waals surface area contributed by atoms with Gasteiger partial charge >= 0.3 is 0 Å². The van der Waals surface area contributed by atoms with Crippen molar-refractivity contribution >= 4 is 28.4 Å². The highest BCUT2D eigenvalue weighted by molar-refractivity contribution is 6.06. The van der Waals surface area contributed by atoms with Crippen molar-refractivity contribution in [2.75, 3.05) is 11.9 Å². The van der Waals surface area contributed by atoms with E-state index in [-0.39, 0.29) is 17.6 Å². The number of carbonyl (C=O) groups excluding carboxylic acids is 2. The molecule has 4 rings (SSSR count). The number of halogens is 1. The van der Waals surface area contributed by atoms with Gasteiger partial charge in [-0.05, 0) is 54.1 Å². The van der Waals surface area contributed by atoms with Gasteiger partial charge in [-0.25, -0.2) is 9.07 Å². The van der Waals surface area contributed by atoms with Crippen LogP contribution in [-0.4, -0.2) is 28.6 Å². The van der Waals surface area contributed by atoms with Gasteiger partial charge in [-0.1, -0.05) is 18.2 Å². The average molecular weight is 416 g/mol. The number of aromatic nitrogens is 2. The quantitative estimate of drug-likeness (QED) is 0.533. The largest absolute Gasteiger partial charge is 0.348 e. The van der Waals surface area contributed by atoms with Gasteiger partial charge in [0.15, 0.2) is 0 Å². The molecule has 0 aliphatic heterocycles. The molecule has 156 valence electrons. The third-order valence-electron chi connectivity index (χ3n) is 5.15. The molecule has 1 heterocycles. The van der Waals surface area contributed by atoms with Crippen molar-refractivity contribution in [2.24, 2.45) is 0 Å². The Bertz CT molecular complexity index is 1260. The van der Waals surface area contributed by atoms with E-state index in [9.17, 15) is 14.0 Å². The van der Waals surface area contributed by atoms with Crippen molar-refractivity contribution in [1.29, 1.82) is 0 Å². The fourth-order valence-corrected chi connectivity index (χ4v) is 3.37. The third-order valence-corrected chi connectivity index (χ3v) is 5.15. The van der Waals surface area contributed by atoms with E-state index in [4.69, 9.17) is 0 Å². The van der Waals surface area contributed by atoms with Gasteiger partial charge in [-0.2, -0.15) is 5.10 Å². The Morgan fingerprint density at radius 1 is 1.06 bits per heavy atom. The van der Waals surface area contributed by atoms with Gasteiger partial charge in [0, 0.05) is 31.6 Å². The predicted molar refractivity (Wildman–Crippen MR) is 118 cm³/mol. The maximum absolute atomic E-state index is 13.2. The van der Waals surface area contributed by atoms with E-state index >= 15 is 0 Å². The first-order chi connectivity index (χ1) is 14.9. The molecule has 4 aromatic rings. The summed E-state index contributed by atoms with van der Waals surface area (Å²) in [5, 5.41) is 8.01. The zero-order chi connectivity index (χ0) is 22.0. The van der Waals surface area contributed by atoms with Crippen LogP contribution in [0.2, 0.25) is 0 Å². The molecule has 1 N–H and O–H groups in total. The molecule has 0 unspecified atom stereocenters. The molecular formula is C24H21FN4O2. The first-order valence-electron chi connectivity index (χ1n) is 9.78. The molecule has 0 aliphatic carbocycles. The fraction of sp³-hybridized carbons (Fsp3) is 0.125. The Morgan fingerprint density at radius 2 is 1.81 bits per heavy atom. The summed E-state index contributed by atoms with van der Waals surface area (Å²) in [5.74, 6) is -0.612. The van der Waals surface area contributed by atoms with Gasteiger partial charge in [0.2, 0.25) is 5.91 Å². The van der Waals surface area contributed by atoms with Crippen molar-refractivity contribution < 1.29 is 14.0 Å². The maximum atomic E-state index is 13.2. The topological polar surface area (TPSA) is 67.2 Å². The standard InChI is InChI=1S/C24H21FN4O2/c1-16(30)28(2)20-6-3-5-17(13-20)14-26-24(31)21-7-4-8-23-22(21)15-27-29(23)19-11-9-18(25)10-12-19/h3-13,15H,14H2,1-2H3,(H,26,31). The second-order valence-corrected chi connectivity index (χ2v) is 7.20. The summed E-state index contributed by atoms with van der Waals surface area (Å²) >= 11 is 0. The molecule has 0 aliphatic rings. The van der Waals surface area contributed by atoms with Gasteiger partial charge in [-0.15, -0.1) is 0 Å². The molecule has 0 bridgehead atoms. The zero-order valence-corrected chi connectivity index (χ0v) is 17.2. The average Bonchev–Trinajstić information content (AvgIpc) is 3.22. The number of nitrogens with zero attached hydrogens (tertiary/aromatic N) is 3. The Kier molecular flexibility index (Phi) is 5.49. The van der Waals surface area contributed by atoms with Gasteiger partial charge < -0.3 is 10.2 Å². The summed E-state index contributed by atoms with van der Waals surface area (Å²) in [4.78, 5) is 26.0. The monoisotopic (exact) mass is 416 g/mol. The molecule has 0 atom stereocenters. The molecule has 6 nitrogen and oxygen atoms in total. The smallest absolute Gasteiger partial charge is 0.252 e. The van der Waals surface area contributed by atoms with Crippen LogP contribution in [0.5, 0.6) is 0 Å². The van der Waals surface area contributed by atoms with E-state index in [0.717, 1.165) is 16.8 Å². The van der Waals surface area contributed by atoms with Crippen molar-refractivity contribution in [3.63, 3.8) is 0 Å². The molecule has 0 spiro atoms. The van der Waals surface area contributed by atoms with Gasteiger partial charge in [-0.3, -0.25) is 9.59 Å². The Hall–Kier alpha value is -4.00. The zero-order valence-electron chi connectivity index (χ0n) is 17.2. The lowest BCUT2D eigenvalue weighted by atomic mass is 10.1. The van der Waals surface area contributed by atoms with Crippen LogP contribution in [0.4, 0.5) is 10.1 Å². The molecule has 0 radical (unpaired) electrons. The number of carbonyl (C=O) groups is 2. The molecule has 0 fully saturated rings. The van der Waals surface area contributed by atoms with E-state index in [2.05, 4.69) is 10.4 Å². The minimum absolute atomic E-state index is 0.0639. The van der Waals surface area contributed by atoms with Gasteiger partial charge in [0.05, 0.1) is 23.0 Å². The van der Waals surface area contributed by atoms with Gasteiger partial charge in [0.1, 0.15) is 5.82 Å². The third kappa shape index (κ3) is 4.16. The van der Waals surface area contributed by atoms with Gasteiger partial charge in [0.25, 0.3) is 5.91 Å². The summed E-state index contributed by atoms with van der Waals surface area (Å²) in [6.45, 7) is 1.82. The minimum Gasteiger partial charge on any atom is -0.348 e. The summed E-state index contributed by atoms with van der Waals surface area (Å²) in [7, 11) is 1.71. The highest BCUT2D eigenvalue weighted by Gasteiger charge is 2.14. The number of anilines is 1. The first-order valence-corrected chi connectivity index (χ1v) is 9.78. The Morgan fingerprint density at radius 3 is 2.55 bits per heavy atom. The lowest BCUT2D eigenvalue weighted by molar-refractivity contribution is -0.116. The molecule has 3 aromatic carbocycles. The summed E-state index contributed by atoms with van der Waals surface area (Å²) in [6.07, 6.45) is 1.63. The lowest BCUT2D eigenvalue weighted by Crippen LogP contribution is -2.24. The maximum Gasteiger partial charge on any atom is 0.252 e. The minimum atomic E-state index is -0.321. The van der Waals surface area contributed by atoms with Crippen LogP contribution >= 0.6 is 0 Å².